The van der Waals surface area contributed by atoms with Gasteiger partial charge in [-0.3, -0.25) is 0 Å². The first-order chi connectivity index (χ1) is 7.15. The van der Waals surface area contributed by atoms with Crippen LogP contribution in [-0.2, 0) is 6.42 Å². The molecule has 0 aromatic carbocycles. The van der Waals surface area contributed by atoms with Crippen LogP contribution in [0, 0.1) is 5.92 Å². The third kappa shape index (κ3) is 2.78. The molecular weight excluding hydrogens is 258 g/mol. The lowest BCUT2D eigenvalue weighted by Gasteiger charge is -2.19. The van der Waals surface area contributed by atoms with E-state index in [1.807, 2.05) is 0 Å². The summed E-state index contributed by atoms with van der Waals surface area (Å²) in [4.78, 5) is 6.66. The van der Waals surface area contributed by atoms with E-state index in [1.54, 1.807) is 0 Å². The third-order valence-corrected chi connectivity index (χ3v) is 3.28. The lowest BCUT2D eigenvalue weighted by molar-refractivity contribution is 0.260. The van der Waals surface area contributed by atoms with Crippen molar-refractivity contribution in [1.82, 2.24) is 15.0 Å². The maximum Gasteiger partial charge on any atom is 0.238 e. The van der Waals surface area contributed by atoms with Crippen molar-refractivity contribution in [2.24, 2.45) is 5.92 Å². The van der Waals surface area contributed by atoms with Gasteiger partial charge in [-0.1, -0.05) is 0 Å². The van der Waals surface area contributed by atoms with Gasteiger partial charge in [0.1, 0.15) is 0 Å². The Labute approximate surface area is 98.2 Å². The molecule has 1 saturated heterocycles. The van der Waals surface area contributed by atoms with Gasteiger partial charge in [-0.2, -0.15) is 4.98 Å². The van der Waals surface area contributed by atoms with Crippen LogP contribution in [-0.4, -0.2) is 34.2 Å². The predicted octanol–water partition coefficient (Wildman–Crippen LogP) is 2.10. The molecule has 1 aliphatic rings. The largest absolute Gasteiger partial charge is 0.338 e. The van der Waals surface area contributed by atoms with Crippen molar-refractivity contribution < 1.29 is 4.52 Å². The van der Waals surface area contributed by atoms with Gasteiger partial charge in [0.15, 0.2) is 0 Å². The molecule has 2 heterocycles. The Kier molecular flexibility index (Phi) is 3.41. The topological polar surface area (TPSA) is 42.2 Å². The first kappa shape index (κ1) is 11.1. The molecule has 2 rings (SSSR count). The fraction of sp³-hybridized carbons (Fsp3) is 0.800. The molecule has 0 radical (unpaired) electrons. The Hall–Kier alpha value is -0.420. The number of hydrogen-bond donors (Lipinski definition) is 0. The van der Waals surface area contributed by atoms with Crippen molar-refractivity contribution in [3.8, 4) is 0 Å². The molecule has 1 atom stereocenters. The number of rotatable bonds is 3. The van der Waals surface area contributed by atoms with E-state index in [2.05, 4.69) is 44.8 Å². The highest BCUT2D eigenvalue weighted by Gasteiger charge is 2.25. The summed E-state index contributed by atoms with van der Waals surface area (Å²) in [5.41, 5.74) is 0. The summed E-state index contributed by atoms with van der Waals surface area (Å²) in [6.07, 6.45) is 2.14. The number of nitrogens with zero attached hydrogens (tertiary/aromatic N) is 3. The van der Waals surface area contributed by atoms with Gasteiger partial charge in [0.2, 0.25) is 10.6 Å². The predicted molar refractivity (Wildman–Crippen MR) is 60.5 cm³/mol. The second-order valence-electron chi connectivity index (χ2n) is 4.40. The Balaban J connectivity index is 1.87. The van der Waals surface area contributed by atoms with Crippen molar-refractivity contribution >= 4 is 15.9 Å². The Morgan fingerprint density at radius 1 is 1.60 bits per heavy atom. The summed E-state index contributed by atoms with van der Waals surface area (Å²) in [5.74, 6) is 1.41. The normalized spacial score (nSPS) is 22.8. The van der Waals surface area contributed by atoms with Gasteiger partial charge < -0.3 is 9.42 Å². The molecule has 1 aromatic heterocycles. The summed E-state index contributed by atoms with van der Waals surface area (Å²) in [5, 5.41) is 3.73. The smallest absolute Gasteiger partial charge is 0.238 e. The summed E-state index contributed by atoms with van der Waals surface area (Å²) >= 11 is 3.19. The summed E-state index contributed by atoms with van der Waals surface area (Å²) in [6.45, 7) is 6.83. The van der Waals surface area contributed by atoms with E-state index in [-0.39, 0.29) is 0 Å². The summed E-state index contributed by atoms with van der Waals surface area (Å²) in [7, 11) is 0. The Bertz CT molecular complexity index is 326. The maximum atomic E-state index is 5.10. The average molecular weight is 274 g/mol. The van der Waals surface area contributed by atoms with Crippen LogP contribution < -0.4 is 0 Å². The van der Waals surface area contributed by atoms with E-state index in [1.165, 1.54) is 13.0 Å². The van der Waals surface area contributed by atoms with Crippen LogP contribution in [0.3, 0.4) is 0 Å². The first-order valence-electron chi connectivity index (χ1n) is 5.37. The quantitative estimate of drug-likeness (QED) is 0.846. The van der Waals surface area contributed by atoms with Gasteiger partial charge in [0, 0.05) is 19.0 Å². The van der Waals surface area contributed by atoms with E-state index in [4.69, 9.17) is 4.52 Å². The average Bonchev–Trinajstić information content (AvgIpc) is 2.76. The van der Waals surface area contributed by atoms with Crippen LogP contribution in [0.15, 0.2) is 9.26 Å². The van der Waals surface area contributed by atoms with Crippen molar-refractivity contribution in [2.75, 3.05) is 13.1 Å². The van der Waals surface area contributed by atoms with Crippen LogP contribution in [0.4, 0.5) is 0 Å². The van der Waals surface area contributed by atoms with Crippen LogP contribution in [0.2, 0.25) is 0 Å². The highest BCUT2D eigenvalue weighted by molar-refractivity contribution is 9.10. The van der Waals surface area contributed by atoms with Crippen LogP contribution >= 0.6 is 15.9 Å². The molecule has 15 heavy (non-hydrogen) atoms. The van der Waals surface area contributed by atoms with Gasteiger partial charge in [0.05, 0.1) is 0 Å². The lowest BCUT2D eigenvalue weighted by atomic mass is 10.1. The third-order valence-electron chi connectivity index (χ3n) is 2.95. The molecule has 0 spiro atoms. The van der Waals surface area contributed by atoms with E-state index < -0.39 is 0 Å². The standard InChI is InChI=1S/C10H16BrN3O/c1-7(2)14-4-3-8(6-14)5-9-12-10(11)13-15-9/h7-8H,3-6H2,1-2H3. The molecule has 0 bridgehead atoms. The zero-order valence-electron chi connectivity index (χ0n) is 9.11. The van der Waals surface area contributed by atoms with Crippen molar-refractivity contribution in [3.63, 3.8) is 0 Å². The van der Waals surface area contributed by atoms with Gasteiger partial charge >= 0.3 is 0 Å². The molecule has 0 N–H and O–H groups in total. The second-order valence-corrected chi connectivity index (χ2v) is 5.11. The van der Waals surface area contributed by atoms with E-state index in [0.29, 0.717) is 16.7 Å². The van der Waals surface area contributed by atoms with Gasteiger partial charge in [0.25, 0.3) is 0 Å². The molecule has 0 aliphatic carbocycles. The van der Waals surface area contributed by atoms with Gasteiger partial charge in [-0.05, 0) is 53.8 Å². The number of hydrogen-bond acceptors (Lipinski definition) is 4. The second kappa shape index (κ2) is 4.61. The molecule has 0 amide bonds. The number of likely N-dealkylation sites (tertiary alicyclic amines) is 1. The molecule has 84 valence electrons. The monoisotopic (exact) mass is 273 g/mol. The number of halogens is 1. The molecule has 0 saturated carbocycles. The van der Waals surface area contributed by atoms with Crippen molar-refractivity contribution in [2.45, 2.75) is 32.7 Å². The highest BCUT2D eigenvalue weighted by atomic mass is 79.9. The molecule has 1 aliphatic heterocycles. The number of aromatic nitrogens is 2. The molecule has 1 aromatic rings. The van der Waals surface area contributed by atoms with E-state index in [9.17, 15) is 0 Å². The summed E-state index contributed by atoms with van der Waals surface area (Å²) in [6, 6.07) is 0.643. The van der Waals surface area contributed by atoms with Crippen molar-refractivity contribution in [1.29, 1.82) is 0 Å². The maximum absolute atomic E-state index is 5.10. The minimum Gasteiger partial charge on any atom is -0.338 e. The minimum absolute atomic E-state index is 0.552. The Morgan fingerprint density at radius 2 is 2.40 bits per heavy atom. The molecule has 5 heteroatoms. The van der Waals surface area contributed by atoms with Crippen molar-refractivity contribution in [3.05, 3.63) is 10.6 Å². The minimum atomic E-state index is 0.552. The summed E-state index contributed by atoms with van der Waals surface area (Å²) < 4.78 is 5.65. The molecule has 1 unspecified atom stereocenters. The highest BCUT2D eigenvalue weighted by Crippen LogP contribution is 2.22. The lowest BCUT2D eigenvalue weighted by Crippen LogP contribution is -2.28. The van der Waals surface area contributed by atoms with E-state index >= 15 is 0 Å². The van der Waals surface area contributed by atoms with E-state index in [0.717, 1.165) is 18.9 Å². The Morgan fingerprint density at radius 3 is 2.93 bits per heavy atom. The first-order valence-corrected chi connectivity index (χ1v) is 6.16. The SMILES string of the molecule is CC(C)N1CCC(Cc2nc(Br)no2)C1. The zero-order valence-corrected chi connectivity index (χ0v) is 10.7. The molecular formula is C10H16BrN3O. The van der Waals surface area contributed by atoms with Gasteiger partial charge in [-0.15, -0.1) is 0 Å². The molecule has 4 nitrogen and oxygen atoms in total. The fourth-order valence-electron chi connectivity index (χ4n) is 2.06. The van der Waals surface area contributed by atoms with Crippen LogP contribution in [0.25, 0.3) is 0 Å². The fourth-order valence-corrected chi connectivity index (χ4v) is 2.33. The van der Waals surface area contributed by atoms with Crippen LogP contribution in [0.1, 0.15) is 26.2 Å². The molecule has 1 fully saturated rings. The zero-order chi connectivity index (χ0) is 10.8. The van der Waals surface area contributed by atoms with Crippen LogP contribution in [0.5, 0.6) is 0 Å². The van der Waals surface area contributed by atoms with Gasteiger partial charge in [-0.25, -0.2) is 0 Å².